The Morgan fingerprint density at radius 2 is 2.17 bits per heavy atom. The molecule has 3 nitrogen and oxygen atoms in total. The lowest BCUT2D eigenvalue weighted by molar-refractivity contribution is -0.121. The van der Waals surface area contributed by atoms with Gasteiger partial charge in [-0.2, -0.15) is 0 Å². The lowest BCUT2D eigenvalue weighted by Gasteiger charge is -2.08. The van der Waals surface area contributed by atoms with Gasteiger partial charge in [0.1, 0.15) is 0 Å². The first-order valence-electron chi connectivity index (χ1n) is 6.12. The van der Waals surface area contributed by atoms with Gasteiger partial charge in [-0.15, -0.1) is 0 Å². The van der Waals surface area contributed by atoms with E-state index in [1.807, 2.05) is 13.8 Å². The lowest BCUT2D eigenvalue weighted by Crippen LogP contribution is -2.27. The predicted octanol–water partition coefficient (Wildman–Crippen LogP) is 2.54. The minimum absolute atomic E-state index is 0.0000683. The fourth-order valence-corrected chi connectivity index (χ4v) is 1.53. The number of carbonyl (C=O) groups is 1. The van der Waals surface area contributed by atoms with Crippen molar-refractivity contribution in [2.45, 2.75) is 26.7 Å². The van der Waals surface area contributed by atoms with Crippen LogP contribution in [0.5, 0.6) is 5.75 Å². The predicted molar refractivity (Wildman–Crippen MR) is 69.1 cm³/mol. The molecule has 0 unspecified atom stereocenters. The molecule has 0 radical (unpaired) electrons. The van der Waals surface area contributed by atoms with E-state index in [2.05, 4.69) is 5.32 Å². The molecule has 1 N–H and O–H groups in total. The second-order valence-electron chi connectivity index (χ2n) is 4.67. The number of benzene rings is 1. The third kappa shape index (κ3) is 4.73. The summed E-state index contributed by atoms with van der Waals surface area (Å²) in [6, 6.07) is 4.77. The molecule has 0 atom stereocenters. The van der Waals surface area contributed by atoms with Crippen LogP contribution in [0.2, 0.25) is 0 Å². The average Bonchev–Trinajstić information content (AvgIpc) is 2.34. The fraction of sp³-hybridized carbons (Fsp3) is 0.500. The van der Waals surface area contributed by atoms with E-state index in [9.17, 15) is 9.18 Å². The van der Waals surface area contributed by atoms with Gasteiger partial charge >= 0.3 is 0 Å². The van der Waals surface area contributed by atoms with Gasteiger partial charge in [0.2, 0.25) is 5.91 Å². The highest BCUT2D eigenvalue weighted by molar-refractivity contribution is 5.76. The first kappa shape index (κ1) is 14.5. The van der Waals surface area contributed by atoms with Crippen molar-refractivity contribution in [1.29, 1.82) is 0 Å². The van der Waals surface area contributed by atoms with Gasteiger partial charge in [-0.1, -0.05) is 19.9 Å². The summed E-state index contributed by atoms with van der Waals surface area (Å²) in [6.07, 6.45) is 0.906. The molecule has 0 spiro atoms. The van der Waals surface area contributed by atoms with Crippen molar-refractivity contribution < 1.29 is 13.9 Å². The highest BCUT2D eigenvalue weighted by Gasteiger charge is 2.06. The number of nitrogens with one attached hydrogen (secondary N) is 1. The monoisotopic (exact) mass is 253 g/mol. The number of rotatable bonds is 6. The number of halogens is 1. The molecule has 18 heavy (non-hydrogen) atoms. The number of hydrogen-bond donors (Lipinski definition) is 1. The SMILES string of the molecule is COc1ccc(CCC(=O)NCC(C)C)cc1F. The molecule has 0 saturated heterocycles. The van der Waals surface area contributed by atoms with Crippen molar-refractivity contribution in [3.05, 3.63) is 29.6 Å². The molecule has 1 rings (SSSR count). The van der Waals surface area contributed by atoms with E-state index in [-0.39, 0.29) is 11.7 Å². The molecule has 0 heterocycles. The van der Waals surface area contributed by atoms with Gasteiger partial charge in [0.05, 0.1) is 7.11 Å². The van der Waals surface area contributed by atoms with Gasteiger partial charge in [0.15, 0.2) is 11.6 Å². The van der Waals surface area contributed by atoms with Crippen molar-refractivity contribution in [2.24, 2.45) is 5.92 Å². The smallest absolute Gasteiger partial charge is 0.220 e. The molecule has 100 valence electrons. The molecule has 1 aromatic rings. The first-order valence-corrected chi connectivity index (χ1v) is 6.12. The summed E-state index contributed by atoms with van der Waals surface area (Å²) in [6.45, 7) is 4.76. The molecule has 4 heteroatoms. The van der Waals surface area contributed by atoms with E-state index in [1.54, 1.807) is 12.1 Å². The summed E-state index contributed by atoms with van der Waals surface area (Å²) >= 11 is 0. The number of hydrogen-bond acceptors (Lipinski definition) is 2. The molecule has 1 aromatic carbocycles. The molecule has 0 bridgehead atoms. The van der Waals surface area contributed by atoms with Crippen LogP contribution in [0.4, 0.5) is 4.39 Å². The van der Waals surface area contributed by atoms with Gasteiger partial charge in [-0.05, 0) is 30.0 Å². The van der Waals surface area contributed by atoms with Crippen LogP contribution in [0.3, 0.4) is 0 Å². The van der Waals surface area contributed by atoms with Crippen molar-refractivity contribution in [3.63, 3.8) is 0 Å². The number of methoxy groups -OCH3 is 1. The molecule has 0 aliphatic carbocycles. The summed E-state index contributed by atoms with van der Waals surface area (Å²) in [5.74, 6) is 0.271. The van der Waals surface area contributed by atoms with Crippen molar-refractivity contribution in [3.8, 4) is 5.75 Å². The zero-order chi connectivity index (χ0) is 13.5. The minimum atomic E-state index is -0.391. The van der Waals surface area contributed by atoms with Gasteiger partial charge in [0, 0.05) is 13.0 Å². The topological polar surface area (TPSA) is 38.3 Å². The van der Waals surface area contributed by atoms with Gasteiger partial charge in [0.25, 0.3) is 0 Å². The number of amides is 1. The molecule has 0 aliphatic heterocycles. The standard InChI is InChI=1S/C14H20FNO2/c1-10(2)9-16-14(17)7-5-11-4-6-13(18-3)12(15)8-11/h4,6,8,10H,5,7,9H2,1-3H3,(H,16,17). The number of ether oxygens (including phenoxy) is 1. The van der Waals surface area contributed by atoms with Crippen LogP contribution < -0.4 is 10.1 Å². The normalized spacial score (nSPS) is 10.5. The second-order valence-corrected chi connectivity index (χ2v) is 4.67. The van der Waals surface area contributed by atoms with E-state index < -0.39 is 5.82 Å². The highest BCUT2D eigenvalue weighted by atomic mass is 19.1. The zero-order valence-corrected chi connectivity index (χ0v) is 11.1. The lowest BCUT2D eigenvalue weighted by atomic mass is 10.1. The Hall–Kier alpha value is -1.58. The van der Waals surface area contributed by atoms with Crippen LogP contribution in [0, 0.1) is 11.7 Å². The fourth-order valence-electron chi connectivity index (χ4n) is 1.53. The first-order chi connectivity index (χ1) is 8.52. The van der Waals surface area contributed by atoms with Crippen molar-refractivity contribution in [2.75, 3.05) is 13.7 Å². The maximum absolute atomic E-state index is 13.4. The number of carbonyl (C=O) groups excluding carboxylic acids is 1. The maximum Gasteiger partial charge on any atom is 0.220 e. The van der Waals surface area contributed by atoms with Crippen LogP contribution in [-0.2, 0) is 11.2 Å². The Kier molecular flexibility index (Phi) is 5.62. The van der Waals surface area contributed by atoms with Gasteiger partial charge in [-0.3, -0.25) is 4.79 Å². The van der Waals surface area contributed by atoms with Crippen LogP contribution in [0.15, 0.2) is 18.2 Å². The van der Waals surface area contributed by atoms with E-state index in [4.69, 9.17) is 4.74 Å². The summed E-state index contributed by atoms with van der Waals surface area (Å²) in [5.41, 5.74) is 0.799. The largest absolute Gasteiger partial charge is 0.494 e. The quantitative estimate of drug-likeness (QED) is 0.846. The molecule has 0 aromatic heterocycles. The Morgan fingerprint density at radius 3 is 2.72 bits per heavy atom. The summed E-state index contributed by atoms with van der Waals surface area (Å²) < 4.78 is 18.2. The van der Waals surface area contributed by atoms with E-state index in [1.165, 1.54) is 13.2 Å². The van der Waals surface area contributed by atoms with Gasteiger partial charge < -0.3 is 10.1 Å². The summed E-state index contributed by atoms with van der Waals surface area (Å²) in [4.78, 5) is 11.5. The zero-order valence-electron chi connectivity index (χ0n) is 11.1. The Balaban J connectivity index is 2.43. The van der Waals surface area contributed by atoms with E-state index in [0.717, 1.165) is 5.56 Å². The Bertz CT molecular complexity index is 405. The molecular weight excluding hydrogens is 233 g/mol. The van der Waals surface area contributed by atoms with Crippen LogP contribution >= 0.6 is 0 Å². The third-order valence-electron chi connectivity index (χ3n) is 2.56. The van der Waals surface area contributed by atoms with E-state index >= 15 is 0 Å². The second kappa shape index (κ2) is 6.99. The number of aryl methyl sites for hydroxylation is 1. The van der Waals surface area contributed by atoms with Crippen molar-refractivity contribution >= 4 is 5.91 Å². The van der Waals surface area contributed by atoms with Crippen LogP contribution in [-0.4, -0.2) is 19.6 Å². The third-order valence-corrected chi connectivity index (χ3v) is 2.56. The molecule has 0 saturated carbocycles. The molecule has 1 amide bonds. The van der Waals surface area contributed by atoms with E-state index in [0.29, 0.717) is 25.3 Å². The Labute approximate surface area is 107 Å². The molecule has 0 fully saturated rings. The highest BCUT2D eigenvalue weighted by Crippen LogP contribution is 2.18. The molecule has 0 aliphatic rings. The average molecular weight is 253 g/mol. The van der Waals surface area contributed by atoms with Crippen LogP contribution in [0.1, 0.15) is 25.8 Å². The minimum Gasteiger partial charge on any atom is -0.494 e. The van der Waals surface area contributed by atoms with Gasteiger partial charge in [-0.25, -0.2) is 4.39 Å². The molecular formula is C14H20FNO2. The van der Waals surface area contributed by atoms with Crippen LogP contribution in [0.25, 0.3) is 0 Å². The Morgan fingerprint density at radius 1 is 1.44 bits per heavy atom. The van der Waals surface area contributed by atoms with Crippen molar-refractivity contribution in [1.82, 2.24) is 5.32 Å². The maximum atomic E-state index is 13.4. The summed E-state index contributed by atoms with van der Waals surface area (Å²) in [5, 5.41) is 2.83. The summed E-state index contributed by atoms with van der Waals surface area (Å²) in [7, 11) is 1.43.